The molecule has 0 saturated carbocycles. The topological polar surface area (TPSA) is 75.6 Å². The second-order valence-corrected chi connectivity index (χ2v) is 9.30. The normalized spacial score (nSPS) is 11.3. The molecule has 5 aromatic rings. The van der Waals surface area contributed by atoms with Gasteiger partial charge in [0, 0.05) is 17.3 Å². The van der Waals surface area contributed by atoms with Gasteiger partial charge >= 0.3 is 0 Å². The first-order valence-corrected chi connectivity index (χ1v) is 13.0. The number of para-hydroxylation sites is 2. The molecule has 0 spiro atoms. The molecule has 0 amide bonds. The lowest BCUT2D eigenvalue weighted by Crippen LogP contribution is -2.25. The Labute approximate surface area is 216 Å². The average molecular weight is 493 g/mol. The second-order valence-electron chi connectivity index (χ2n) is 9.30. The second kappa shape index (κ2) is 10.7. The molecule has 37 heavy (non-hydrogen) atoms. The Hall–Kier alpha value is -4.32. The zero-order chi connectivity index (χ0) is 25.8. The molecule has 0 aliphatic rings. The average Bonchev–Trinajstić information content (AvgIpc) is 3.43. The Morgan fingerprint density at radius 3 is 1.35 bits per heavy atom. The van der Waals surface area contributed by atoms with E-state index in [1.807, 2.05) is 91.0 Å². The summed E-state index contributed by atoms with van der Waals surface area (Å²) in [6.07, 6.45) is 3.14. The van der Waals surface area contributed by atoms with Gasteiger partial charge in [-0.25, -0.2) is 9.36 Å². The maximum atomic E-state index is 14.1. The van der Waals surface area contributed by atoms with Crippen molar-refractivity contribution < 1.29 is 0 Å². The molecule has 5 rings (SSSR count). The highest BCUT2D eigenvalue weighted by molar-refractivity contribution is 5.48. The van der Waals surface area contributed by atoms with E-state index in [4.69, 9.17) is 0 Å². The zero-order valence-corrected chi connectivity index (χ0v) is 21.3. The molecular weight excluding hydrogens is 460 g/mol. The van der Waals surface area contributed by atoms with Gasteiger partial charge < -0.3 is 0 Å². The van der Waals surface area contributed by atoms with Gasteiger partial charge in [-0.2, -0.15) is 0 Å². The van der Waals surface area contributed by atoms with Gasteiger partial charge in [0.25, 0.3) is 11.1 Å². The molecule has 0 aliphatic heterocycles. The SMILES string of the molecule is CCCc1[nH]n(-c2ccccc2)c(=O)c1C(c1ccccc1)c1c(CCC)[nH]n(-c2ccccc2)c1=O. The highest BCUT2D eigenvalue weighted by atomic mass is 16.1. The molecule has 0 unspecified atom stereocenters. The van der Waals surface area contributed by atoms with Crippen molar-refractivity contribution in [2.24, 2.45) is 0 Å². The fourth-order valence-corrected chi connectivity index (χ4v) is 5.11. The minimum atomic E-state index is -0.508. The third kappa shape index (κ3) is 4.62. The van der Waals surface area contributed by atoms with Crippen LogP contribution in [0, 0.1) is 0 Å². The molecule has 2 heterocycles. The standard InChI is InChI=1S/C31H32N4O2/c1-3-14-25-28(30(36)34(32-25)23-18-10-6-11-19-23)27(22-16-8-5-9-17-22)29-26(15-4-2)33-35(31(29)37)24-20-12-7-13-21-24/h5-13,16-21,27,32-33H,3-4,14-15H2,1-2H3. The molecule has 2 aromatic heterocycles. The van der Waals surface area contributed by atoms with Gasteiger partial charge in [0.2, 0.25) is 0 Å². The maximum absolute atomic E-state index is 14.1. The smallest absolute Gasteiger partial charge is 0.275 e. The van der Waals surface area contributed by atoms with E-state index in [9.17, 15) is 9.59 Å². The third-order valence-electron chi connectivity index (χ3n) is 6.75. The van der Waals surface area contributed by atoms with Crippen LogP contribution < -0.4 is 11.1 Å². The van der Waals surface area contributed by atoms with Gasteiger partial charge in [0.1, 0.15) is 0 Å². The highest BCUT2D eigenvalue weighted by Gasteiger charge is 2.32. The van der Waals surface area contributed by atoms with Crippen LogP contribution in [-0.2, 0) is 12.8 Å². The van der Waals surface area contributed by atoms with Crippen LogP contribution in [0.2, 0.25) is 0 Å². The molecular formula is C31H32N4O2. The first-order valence-electron chi connectivity index (χ1n) is 13.0. The van der Waals surface area contributed by atoms with Crippen molar-refractivity contribution in [1.29, 1.82) is 0 Å². The highest BCUT2D eigenvalue weighted by Crippen LogP contribution is 2.33. The maximum Gasteiger partial charge on any atom is 0.275 e. The number of hydrogen-bond donors (Lipinski definition) is 2. The van der Waals surface area contributed by atoms with Crippen LogP contribution in [0.4, 0.5) is 0 Å². The number of benzene rings is 3. The van der Waals surface area contributed by atoms with Gasteiger partial charge in [-0.1, -0.05) is 93.4 Å². The third-order valence-corrected chi connectivity index (χ3v) is 6.75. The number of aromatic amines is 2. The molecule has 6 nitrogen and oxygen atoms in total. The molecule has 0 saturated heterocycles. The Morgan fingerprint density at radius 2 is 0.973 bits per heavy atom. The number of nitrogens with zero attached hydrogens (tertiary/aromatic N) is 2. The molecule has 188 valence electrons. The Morgan fingerprint density at radius 1 is 0.595 bits per heavy atom. The minimum absolute atomic E-state index is 0.127. The van der Waals surface area contributed by atoms with Crippen LogP contribution in [0.25, 0.3) is 11.4 Å². The number of aromatic nitrogens is 4. The molecule has 0 bridgehead atoms. The predicted octanol–water partition coefficient (Wildman–Crippen LogP) is 5.73. The summed E-state index contributed by atoms with van der Waals surface area (Å²) in [5, 5.41) is 6.76. The monoisotopic (exact) mass is 492 g/mol. The van der Waals surface area contributed by atoms with Crippen LogP contribution in [-0.4, -0.2) is 19.6 Å². The van der Waals surface area contributed by atoms with Crippen molar-refractivity contribution in [3.05, 3.63) is 140 Å². The van der Waals surface area contributed by atoms with Crippen LogP contribution >= 0.6 is 0 Å². The van der Waals surface area contributed by atoms with Crippen LogP contribution in [0.3, 0.4) is 0 Å². The summed E-state index contributed by atoms with van der Waals surface area (Å²) in [4.78, 5) is 28.2. The van der Waals surface area contributed by atoms with Crippen LogP contribution in [0.1, 0.15) is 60.7 Å². The van der Waals surface area contributed by atoms with Crippen molar-refractivity contribution in [3.63, 3.8) is 0 Å². The fourth-order valence-electron chi connectivity index (χ4n) is 5.11. The molecule has 6 heteroatoms. The molecule has 0 fully saturated rings. The summed E-state index contributed by atoms with van der Waals surface area (Å²) in [7, 11) is 0. The zero-order valence-electron chi connectivity index (χ0n) is 21.3. The quantitative estimate of drug-likeness (QED) is 0.276. The van der Waals surface area contributed by atoms with Gasteiger partial charge in [-0.05, 0) is 42.7 Å². The number of rotatable bonds is 9. The van der Waals surface area contributed by atoms with Gasteiger partial charge in [0.15, 0.2) is 0 Å². The summed E-state index contributed by atoms with van der Waals surface area (Å²) >= 11 is 0. The number of aryl methyl sites for hydroxylation is 2. The summed E-state index contributed by atoms with van der Waals surface area (Å²) in [5.41, 5.74) is 5.19. The number of nitrogens with one attached hydrogen (secondary N) is 2. The Balaban J connectivity index is 1.81. The lowest BCUT2D eigenvalue weighted by molar-refractivity contribution is 0.789. The van der Waals surface area contributed by atoms with Gasteiger partial charge in [-0.3, -0.25) is 19.8 Å². The Kier molecular flexibility index (Phi) is 7.08. The van der Waals surface area contributed by atoms with E-state index in [1.165, 1.54) is 0 Å². The molecule has 0 aliphatic carbocycles. The van der Waals surface area contributed by atoms with Crippen molar-refractivity contribution in [1.82, 2.24) is 19.6 Å². The molecule has 0 atom stereocenters. The van der Waals surface area contributed by atoms with Gasteiger partial charge in [-0.15, -0.1) is 0 Å². The first kappa shape index (κ1) is 24.4. The lowest BCUT2D eigenvalue weighted by atomic mass is 9.84. The van der Waals surface area contributed by atoms with E-state index in [0.717, 1.165) is 41.2 Å². The van der Waals surface area contributed by atoms with E-state index in [2.05, 4.69) is 24.0 Å². The summed E-state index contributed by atoms with van der Waals surface area (Å²) in [5.74, 6) is -0.508. The van der Waals surface area contributed by atoms with E-state index in [1.54, 1.807) is 9.36 Å². The predicted molar refractivity (Wildman–Crippen MR) is 148 cm³/mol. The lowest BCUT2D eigenvalue weighted by Gasteiger charge is -2.17. The first-order chi connectivity index (χ1) is 18.1. The van der Waals surface area contributed by atoms with Crippen molar-refractivity contribution in [2.75, 3.05) is 0 Å². The van der Waals surface area contributed by atoms with E-state index in [-0.39, 0.29) is 11.1 Å². The van der Waals surface area contributed by atoms with Crippen molar-refractivity contribution in [2.45, 2.75) is 45.4 Å². The molecule has 0 radical (unpaired) electrons. The Bertz CT molecular complexity index is 1470. The largest absolute Gasteiger partial charge is 0.295 e. The van der Waals surface area contributed by atoms with E-state index in [0.29, 0.717) is 24.0 Å². The van der Waals surface area contributed by atoms with Gasteiger partial charge in [0.05, 0.1) is 22.5 Å². The van der Waals surface area contributed by atoms with Crippen molar-refractivity contribution in [3.8, 4) is 11.4 Å². The fraction of sp³-hybridized carbons (Fsp3) is 0.226. The summed E-state index contributed by atoms with van der Waals surface area (Å²) in [6, 6.07) is 29.1. The van der Waals surface area contributed by atoms with Crippen molar-refractivity contribution >= 4 is 0 Å². The number of H-pyrrole nitrogens is 2. The van der Waals surface area contributed by atoms with Crippen LogP contribution in [0.15, 0.2) is 101 Å². The van der Waals surface area contributed by atoms with E-state index < -0.39 is 5.92 Å². The minimum Gasteiger partial charge on any atom is -0.295 e. The molecule has 2 N–H and O–H groups in total. The molecule has 3 aromatic carbocycles. The summed E-state index contributed by atoms with van der Waals surface area (Å²) in [6.45, 7) is 4.20. The summed E-state index contributed by atoms with van der Waals surface area (Å²) < 4.78 is 3.22. The number of hydrogen-bond acceptors (Lipinski definition) is 2. The van der Waals surface area contributed by atoms with Crippen LogP contribution in [0.5, 0.6) is 0 Å². The van der Waals surface area contributed by atoms with E-state index >= 15 is 0 Å².